The number of halogens is 2. The van der Waals surface area contributed by atoms with Crippen LogP contribution in [0.3, 0.4) is 0 Å². The second kappa shape index (κ2) is 9.31. The Hall–Kier alpha value is -2.85. The lowest BCUT2D eigenvalue weighted by molar-refractivity contribution is -0.106. The number of anilines is 1. The molecule has 0 radical (unpaired) electrons. The molecule has 2 aliphatic heterocycles. The molecule has 4 heterocycles. The summed E-state index contributed by atoms with van der Waals surface area (Å²) < 4.78 is 38.9. The van der Waals surface area contributed by atoms with Crippen LogP contribution in [0.15, 0.2) is 24.4 Å². The number of hydrogen-bond acceptors (Lipinski definition) is 7. The van der Waals surface area contributed by atoms with Crippen molar-refractivity contribution in [3.05, 3.63) is 46.8 Å². The Morgan fingerprint density at radius 1 is 1.31 bits per heavy atom. The van der Waals surface area contributed by atoms with Crippen molar-refractivity contribution in [3.63, 3.8) is 0 Å². The van der Waals surface area contributed by atoms with Crippen LogP contribution in [0.25, 0.3) is 0 Å². The second-order valence-electron chi connectivity index (χ2n) is 10.1. The lowest BCUT2D eigenvalue weighted by atomic mass is 9.84. The number of rotatable bonds is 7. The van der Waals surface area contributed by atoms with Gasteiger partial charge in [-0.3, -0.25) is 9.78 Å². The van der Waals surface area contributed by atoms with E-state index in [1.165, 1.54) is 6.07 Å². The molecule has 0 saturated carbocycles. The zero-order valence-corrected chi connectivity index (χ0v) is 20.6. The van der Waals surface area contributed by atoms with Crippen molar-refractivity contribution in [2.24, 2.45) is 5.92 Å². The van der Waals surface area contributed by atoms with E-state index in [2.05, 4.69) is 20.2 Å². The number of carbonyl (C=O) groups excluding carboxylic acids is 1. The molecule has 0 aliphatic carbocycles. The molecule has 0 spiro atoms. The van der Waals surface area contributed by atoms with Gasteiger partial charge in [0.2, 0.25) is 5.88 Å². The van der Waals surface area contributed by atoms with Crippen LogP contribution in [-0.4, -0.2) is 52.4 Å². The van der Waals surface area contributed by atoms with Crippen LogP contribution in [0.2, 0.25) is 0 Å². The molecule has 1 amide bonds. The highest BCUT2D eigenvalue weighted by atomic mass is 19.3. The predicted molar refractivity (Wildman–Crippen MR) is 126 cm³/mol. The van der Waals surface area contributed by atoms with Gasteiger partial charge in [0.15, 0.2) is 0 Å². The summed E-state index contributed by atoms with van der Waals surface area (Å²) in [5.41, 5.74) is -0.0313. The molecule has 2 aliphatic rings. The average molecular weight is 491 g/mol. The van der Waals surface area contributed by atoms with E-state index < -0.39 is 30.1 Å². The van der Waals surface area contributed by atoms with Gasteiger partial charge in [-0.2, -0.15) is 13.8 Å². The number of amides is 1. The topological polar surface area (TPSA) is 96.8 Å². The smallest absolute Gasteiger partial charge is 0.312 e. The number of nitrogens with one attached hydrogen (secondary N) is 1. The Labute approximate surface area is 203 Å². The maximum atomic E-state index is 14.0. The third-order valence-electron chi connectivity index (χ3n) is 6.36. The highest BCUT2D eigenvalue weighted by molar-refractivity contribution is 5.94. The number of ether oxygens (including phenoxy) is 2. The van der Waals surface area contributed by atoms with Gasteiger partial charge >= 0.3 is 5.92 Å². The van der Waals surface area contributed by atoms with Gasteiger partial charge in [-0.1, -0.05) is 0 Å². The molecule has 4 rings (SSSR count). The van der Waals surface area contributed by atoms with E-state index >= 15 is 0 Å². The SMILES string of the molecule is CC(C)Oc1nc(N2CC(C(C)(C)O)C2)ccc1[C@H](C)NC(=O)c1cnc2c(c1)COCC2(F)F. The molecule has 1 saturated heterocycles. The Bertz CT molecular complexity index is 1100. The summed E-state index contributed by atoms with van der Waals surface area (Å²) in [4.78, 5) is 23.5. The van der Waals surface area contributed by atoms with Crippen LogP contribution in [0, 0.1) is 5.92 Å². The fourth-order valence-corrected chi connectivity index (χ4v) is 4.17. The fraction of sp³-hybridized carbons (Fsp3) is 0.560. The van der Waals surface area contributed by atoms with E-state index in [0.717, 1.165) is 12.0 Å². The van der Waals surface area contributed by atoms with E-state index in [4.69, 9.17) is 9.47 Å². The number of pyridine rings is 2. The van der Waals surface area contributed by atoms with Gasteiger partial charge in [0.1, 0.15) is 18.1 Å². The third kappa shape index (κ3) is 5.38. The van der Waals surface area contributed by atoms with Gasteiger partial charge < -0.3 is 24.8 Å². The second-order valence-corrected chi connectivity index (χ2v) is 10.1. The van der Waals surface area contributed by atoms with Crippen LogP contribution in [-0.2, 0) is 17.3 Å². The van der Waals surface area contributed by atoms with Crippen molar-refractivity contribution in [3.8, 4) is 5.88 Å². The molecular formula is C25H32F2N4O4. The van der Waals surface area contributed by atoms with Crippen LogP contribution in [0.4, 0.5) is 14.6 Å². The summed E-state index contributed by atoms with van der Waals surface area (Å²) in [6.07, 6.45) is 1.03. The highest BCUT2D eigenvalue weighted by Crippen LogP contribution is 2.35. The summed E-state index contributed by atoms with van der Waals surface area (Å²) in [5, 5.41) is 13.1. The minimum atomic E-state index is -3.17. The summed E-state index contributed by atoms with van der Waals surface area (Å²) in [5.74, 6) is -2.31. The van der Waals surface area contributed by atoms with Crippen molar-refractivity contribution in [1.82, 2.24) is 15.3 Å². The predicted octanol–water partition coefficient (Wildman–Crippen LogP) is 3.58. The van der Waals surface area contributed by atoms with Crippen molar-refractivity contribution in [2.45, 2.75) is 64.9 Å². The summed E-state index contributed by atoms with van der Waals surface area (Å²) in [6, 6.07) is 4.66. The highest BCUT2D eigenvalue weighted by Gasteiger charge is 2.40. The van der Waals surface area contributed by atoms with Crippen LogP contribution < -0.4 is 15.0 Å². The van der Waals surface area contributed by atoms with Crippen molar-refractivity contribution in [1.29, 1.82) is 0 Å². The summed E-state index contributed by atoms with van der Waals surface area (Å²) in [7, 11) is 0. The summed E-state index contributed by atoms with van der Waals surface area (Å²) >= 11 is 0. The maximum Gasteiger partial charge on any atom is 0.312 e. The van der Waals surface area contributed by atoms with E-state index in [0.29, 0.717) is 24.5 Å². The molecule has 2 N–H and O–H groups in total. The quantitative estimate of drug-likeness (QED) is 0.612. The zero-order valence-electron chi connectivity index (χ0n) is 20.6. The molecular weight excluding hydrogens is 458 g/mol. The number of hydrogen-bond donors (Lipinski definition) is 2. The fourth-order valence-electron chi connectivity index (χ4n) is 4.17. The Morgan fingerprint density at radius 2 is 2.03 bits per heavy atom. The number of nitrogens with zero attached hydrogens (tertiary/aromatic N) is 3. The molecule has 2 aromatic rings. The van der Waals surface area contributed by atoms with Gasteiger partial charge in [0, 0.05) is 36.3 Å². The van der Waals surface area contributed by atoms with Crippen molar-refractivity contribution >= 4 is 11.7 Å². The molecule has 0 unspecified atom stereocenters. The monoisotopic (exact) mass is 490 g/mol. The molecule has 190 valence electrons. The van der Waals surface area contributed by atoms with E-state index in [9.17, 15) is 18.7 Å². The summed E-state index contributed by atoms with van der Waals surface area (Å²) in [6.45, 7) is 9.86. The first-order valence-corrected chi connectivity index (χ1v) is 11.8. The number of carbonyl (C=O) groups is 1. The van der Waals surface area contributed by atoms with Gasteiger partial charge in [0.05, 0.1) is 29.9 Å². The van der Waals surface area contributed by atoms with Crippen LogP contribution in [0.5, 0.6) is 5.88 Å². The molecule has 0 bridgehead atoms. The third-order valence-corrected chi connectivity index (χ3v) is 6.36. The van der Waals surface area contributed by atoms with Crippen LogP contribution in [0.1, 0.15) is 67.8 Å². The van der Waals surface area contributed by atoms with Crippen molar-refractivity contribution in [2.75, 3.05) is 24.6 Å². The molecule has 0 aromatic carbocycles. The number of alkyl halides is 2. The Morgan fingerprint density at radius 3 is 2.69 bits per heavy atom. The maximum absolute atomic E-state index is 14.0. The van der Waals surface area contributed by atoms with Crippen molar-refractivity contribution < 1.29 is 28.2 Å². The van der Waals surface area contributed by atoms with E-state index in [1.54, 1.807) is 20.8 Å². The standard InChI is InChI=1S/C25H32F2N4O4/c1-14(2)35-23-19(6-7-20(30-23)31-10-18(11-31)24(4,5)33)15(3)29-22(32)16-8-17-12-34-13-25(26,27)21(17)28-9-16/h6-9,14-15,18,33H,10-13H2,1-5H3,(H,29,32)/t15-/m0/s1. The van der Waals surface area contributed by atoms with Gasteiger partial charge in [-0.15, -0.1) is 0 Å². The molecule has 2 aromatic heterocycles. The Balaban J connectivity index is 1.50. The molecule has 35 heavy (non-hydrogen) atoms. The van der Waals surface area contributed by atoms with E-state index in [-0.39, 0.29) is 35.4 Å². The molecule has 1 atom stereocenters. The first-order valence-electron chi connectivity index (χ1n) is 11.8. The van der Waals surface area contributed by atoms with Gasteiger partial charge in [0.25, 0.3) is 5.91 Å². The normalized spacial score (nSPS) is 18.6. The van der Waals surface area contributed by atoms with Crippen LogP contribution >= 0.6 is 0 Å². The van der Waals surface area contributed by atoms with Gasteiger partial charge in [-0.25, -0.2) is 0 Å². The largest absolute Gasteiger partial charge is 0.475 e. The zero-order chi connectivity index (χ0) is 25.5. The minimum Gasteiger partial charge on any atom is -0.475 e. The number of aromatic nitrogens is 2. The Kier molecular flexibility index (Phi) is 6.72. The molecule has 1 fully saturated rings. The first kappa shape index (κ1) is 25.2. The first-order chi connectivity index (χ1) is 16.3. The molecule has 10 heteroatoms. The average Bonchev–Trinajstić information content (AvgIpc) is 2.70. The number of fused-ring (bicyclic) bond motifs is 1. The lowest BCUT2D eigenvalue weighted by Gasteiger charge is -2.46. The molecule has 8 nitrogen and oxygen atoms in total. The number of aliphatic hydroxyl groups is 1. The lowest BCUT2D eigenvalue weighted by Crippen LogP contribution is -2.56. The van der Waals surface area contributed by atoms with Gasteiger partial charge in [-0.05, 0) is 52.8 Å². The minimum absolute atomic E-state index is 0.0167. The van der Waals surface area contributed by atoms with E-state index in [1.807, 2.05) is 26.0 Å².